The Bertz CT molecular complexity index is 1340. The summed E-state index contributed by atoms with van der Waals surface area (Å²) < 4.78 is 14.6. The molecule has 0 aromatic heterocycles. The molecule has 0 spiro atoms. The number of hydrogen-bond acceptors (Lipinski definition) is 5. The topological polar surface area (TPSA) is 73.0 Å². The number of carbonyl (C=O) groups is 3. The van der Waals surface area contributed by atoms with Gasteiger partial charge in [0.1, 0.15) is 11.4 Å². The summed E-state index contributed by atoms with van der Waals surface area (Å²) in [6.45, 7) is 5.54. The van der Waals surface area contributed by atoms with Crippen LogP contribution in [-0.4, -0.2) is 60.4 Å². The molecule has 0 aliphatic carbocycles. The van der Waals surface area contributed by atoms with Crippen molar-refractivity contribution in [2.45, 2.75) is 19.4 Å². The van der Waals surface area contributed by atoms with Gasteiger partial charge in [0.25, 0.3) is 5.91 Å². The van der Waals surface area contributed by atoms with Gasteiger partial charge in [-0.05, 0) is 54.4 Å². The van der Waals surface area contributed by atoms with Crippen LogP contribution in [0.4, 0.5) is 14.9 Å². The van der Waals surface area contributed by atoms with E-state index in [2.05, 4.69) is 5.32 Å². The van der Waals surface area contributed by atoms with Crippen LogP contribution in [0.3, 0.4) is 0 Å². The van der Waals surface area contributed by atoms with Crippen LogP contribution < -0.4 is 10.2 Å². The maximum Gasteiger partial charge on any atom is 0.326 e. The molecule has 3 aromatic rings. The number of piperazine rings is 1. The molecule has 2 saturated heterocycles. The Morgan fingerprint density at radius 2 is 1.69 bits per heavy atom. The zero-order chi connectivity index (χ0) is 24.7. The number of rotatable bonds is 5. The molecule has 3 aromatic carbocycles. The van der Waals surface area contributed by atoms with Crippen molar-refractivity contribution in [2.75, 3.05) is 37.7 Å². The minimum atomic E-state index is -1.13. The number of ketones is 1. The van der Waals surface area contributed by atoms with Crippen LogP contribution in [0.25, 0.3) is 10.8 Å². The standard InChI is InChI=1S/C27H27FN4O3/c1-18(33)20-8-10-24(23(28)16-20)31-13-11-30(12-14-31)17-32-25(34)27(2,29-26(32)35)22-9-7-19-5-3-4-6-21(19)15-22/h3-10,15-16H,11-14,17H2,1-2H3,(H,29,35)/t27-/m0/s1. The van der Waals surface area contributed by atoms with E-state index in [1.807, 2.05) is 52.3 Å². The maximum atomic E-state index is 14.6. The monoisotopic (exact) mass is 474 g/mol. The quantitative estimate of drug-likeness (QED) is 0.451. The van der Waals surface area contributed by atoms with Crippen LogP contribution in [0.15, 0.2) is 60.7 Å². The van der Waals surface area contributed by atoms with Crippen molar-refractivity contribution in [3.63, 3.8) is 0 Å². The van der Waals surface area contributed by atoms with Crippen molar-refractivity contribution in [1.82, 2.24) is 15.1 Å². The van der Waals surface area contributed by atoms with E-state index in [0.717, 1.165) is 16.3 Å². The molecule has 1 atom stereocenters. The highest BCUT2D eigenvalue weighted by Crippen LogP contribution is 2.31. The first-order valence-corrected chi connectivity index (χ1v) is 11.7. The summed E-state index contributed by atoms with van der Waals surface area (Å²) in [4.78, 5) is 42.9. The second-order valence-electron chi connectivity index (χ2n) is 9.32. The number of hydrogen-bond donors (Lipinski definition) is 1. The zero-order valence-electron chi connectivity index (χ0n) is 19.8. The number of anilines is 1. The number of halogens is 1. The van der Waals surface area contributed by atoms with E-state index >= 15 is 0 Å². The van der Waals surface area contributed by atoms with E-state index in [1.54, 1.807) is 19.1 Å². The van der Waals surface area contributed by atoms with Crippen LogP contribution in [0, 0.1) is 5.82 Å². The van der Waals surface area contributed by atoms with Gasteiger partial charge in [-0.15, -0.1) is 0 Å². The number of urea groups is 1. The SMILES string of the molecule is CC(=O)c1ccc(N2CCN(CN3C(=O)N[C@@](C)(c4ccc5ccccc5c4)C3=O)CC2)c(F)c1. The fourth-order valence-corrected chi connectivity index (χ4v) is 4.83. The lowest BCUT2D eigenvalue weighted by atomic mass is 9.90. The average Bonchev–Trinajstić information content (AvgIpc) is 3.08. The first-order chi connectivity index (χ1) is 16.8. The minimum absolute atomic E-state index is 0.174. The summed E-state index contributed by atoms with van der Waals surface area (Å²) in [5.41, 5.74) is 0.405. The summed E-state index contributed by atoms with van der Waals surface area (Å²) in [6, 6.07) is 17.8. The molecule has 180 valence electrons. The van der Waals surface area contributed by atoms with E-state index in [4.69, 9.17) is 0 Å². The second kappa shape index (κ2) is 8.78. The van der Waals surface area contributed by atoms with Gasteiger partial charge in [-0.2, -0.15) is 0 Å². The third-order valence-corrected chi connectivity index (χ3v) is 7.01. The van der Waals surface area contributed by atoms with Gasteiger partial charge < -0.3 is 10.2 Å². The molecule has 0 saturated carbocycles. The smallest absolute Gasteiger partial charge is 0.326 e. The number of imide groups is 1. The van der Waals surface area contributed by atoms with Crippen molar-refractivity contribution in [3.05, 3.63) is 77.6 Å². The molecule has 2 fully saturated rings. The van der Waals surface area contributed by atoms with Gasteiger partial charge in [0, 0.05) is 31.7 Å². The molecule has 0 unspecified atom stereocenters. The lowest BCUT2D eigenvalue weighted by Crippen LogP contribution is -2.51. The zero-order valence-corrected chi connectivity index (χ0v) is 19.8. The predicted molar refractivity (Wildman–Crippen MR) is 132 cm³/mol. The highest BCUT2D eigenvalue weighted by molar-refractivity contribution is 6.07. The minimum Gasteiger partial charge on any atom is -0.367 e. The lowest BCUT2D eigenvalue weighted by molar-refractivity contribution is -0.132. The summed E-state index contributed by atoms with van der Waals surface area (Å²) in [6.07, 6.45) is 0. The van der Waals surface area contributed by atoms with Crippen LogP contribution >= 0.6 is 0 Å². The Labute approximate surface area is 203 Å². The van der Waals surface area contributed by atoms with Crippen molar-refractivity contribution in [1.29, 1.82) is 0 Å². The fraction of sp³-hybridized carbons (Fsp3) is 0.296. The predicted octanol–water partition coefficient (Wildman–Crippen LogP) is 3.73. The Morgan fingerprint density at radius 1 is 0.971 bits per heavy atom. The summed E-state index contributed by atoms with van der Waals surface area (Å²) in [7, 11) is 0. The molecule has 3 amide bonds. The van der Waals surface area contributed by atoms with E-state index < -0.39 is 17.4 Å². The number of nitrogens with zero attached hydrogens (tertiary/aromatic N) is 3. The number of Topliss-reactive ketones (excluding diaryl/α,β-unsaturated/α-hetero) is 1. The molecule has 8 heteroatoms. The number of benzene rings is 3. The highest BCUT2D eigenvalue weighted by Gasteiger charge is 2.49. The van der Waals surface area contributed by atoms with Crippen LogP contribution in [-0.2, 0) is 10.3 Å². The first kappa shape index (κ1) is 23.0. The van der Waals surface area contributed by atoms with Crippen molar-refractivity contribution < 1.29 is 18.8 Å². The molecule has 35 heavy (non-hydrogen) atoms. The van der Waals surface area contributed by atoms with Gasteiger partial charge in [-0.3, -0.25) is 14.5 Å². The number of amides is 3. The third kappa shape index (κ3) is 4.14. The Kier molecular flexibility index (Phi) is 5.76. The fourth-order valence-electron chi connectivity index (χ4n) is 4.83. The Balaban J connectivity index is 1.26. The molecule has 5 rings (SSSR count). The van der Waals surface area contributed by atoms with Crippen molar-refractivity contribution >= 4 is 34.2 Å². The van der Waals surface area contributed by atoms with Crippen molar-refractivity contribution in [2.24, 2.45) is 0 Å². The van der Waals surface area contributed by atoms with Gasteiger partial charge in [-0.25, -0.2) is 14.1 Å². The molecule has 1 N–H and O–H groups in total. The molecular weight excluding hydrogens is 447 g/mol. The van der Waals surface area contributed by atoms with Crippen LogP contribution in [0.1, 0.15) is 29.8 Å². The number of carbonyl (C=O) groups excluding carboxylic acids is 3. The van der Waals surface area contributed by atoms with Gasteiger partial charge in [-0.1, -0.05) is 36.4 Å². The van der Waals surface area contributed by atoms with Crippen LogP contribution in [0.2, 0.25) is 0 Å². The molecular formula is C27H27FN4O3. The van der Waals surface area contributed by atoms with Gasteiger partial charge >= 0.3 is 6.03 Å². The molecule has 2 aliphatic heterocycles. The average molecular weight is 475 g/mol. The summed E-state index contributed by atoms with van der Waals surface area (Å²) in [5, 5.41) is 4.95. The van der Waals surface area contributed by atoms with Crippen LogP contribution in [0.5, 0.6) is 0 Å². The highest BCUT2D eigenvalue weighted by atomic mass is 19.1. The number of nitrogens with one attached hydrogen (secondary N) is 1. The number of fused-ring (bicyclic) bond motifs is 1. The van der Waals surface area contributed by atoms with E-state index in [1.165, 1.54) is 17.9 Å². The lowest BCUT2D eigenvalue weighted by Gasteiger charge is -2.37. The van der Waals surface area contributed by atoms with Crippen molar-refractivity contribution in [3.8, 4) is 0 Å². The molecule has 2 heterocycles. The van der Waals surface area contributed by atoms with Gasteiger partial charge in [0.2, 0.25) is 0 Å². The van der Waals surface area contributed by atoms with E-state index in [9.17, 15) is 18.8 Å². The van der Waals surface area contributed by atoms with Gasteiger partial charge in [0.05, 0.1) is 12.4 Å². The van der Waals surface area contributed by atoms with Gasteiger partial charge in [0.15, 0.2) is 5.78 Å². The second-order valence-corrected chi connectivity index (χ2v) is 9.32. The molecule has 7 nitrogen and oxygen atoms in total. The van der Waals surface area contributed by atoms with E-state index in [0.29, 0.717) is 37.4 Å². The summed E-state index contributed by atoms with van der Waals surface area (Å²) >= 11 is 0. The first-order valence-electron chi connectivity index (χ1n) is 11.7. The largest absolute Gasteiger partial charge is 0.367 e. The molecule has 2 aliphatic rings. The summed E-state index contributed by atoms with van der Waals surface area (Å²) in [5.74, 6) is -0.887. The Morgan fingerprint density at radius 3 is 2.37 bits per heavy atom. The van der Waals surface area contributed by atoms with E-state index in [-0.39, 0.29) is 18.4 Å². The third-order valence-electron chi connectivity index (χ3n) is 7.01. The molecule has 0 bridgehead atoms. The molecule has 0 radical (unpaired) electrons. The Hall–Kier alpha value is -3.78. The maximum absolute atomic E-state index is 14.6. The normalized spacial score (nSPS) is 21.0.